The Labute approximate surface area is 84.0 Å². The van der Waals surface area contributed by atoms with E-state index in [1.807, 2.05) is 6.92 Å². The standard InChI is InChI=1S/C9H18N2OS/c1-6(2)7(3)11-9(12)8-4-13-5-10-8/h6-8,10H,4-5H2,1-3H3,(H,11,12)/t7-,8+/m1/s1. The van der Waals surface area contributed by atoms with Crippen LogP contribution in [-0.4, -0.2) is 29.6 Å². The van der Waals surface area contributed by atoms with E-state index in [4.69, 9.17) is 0 Å². The lowest BCUT2D eigenvalue weighted by Gasteiger charge is -2.19. The van der Waals surface area contributed by atoms with Gasteiger partial charge in [-0.25, -0.2) is 0 Å². The molecule has 2 N–H and O–H groups in total. The van der Waals surface area contributed by atoms with E-state index in [-0.39, 0.29) is 18.0 Å². The molecular formula is C9H18N2OS. The predicted molar refractivity (Wildman–Crippen MR) is 56.7 cm³/mol. The van der Waals surface area contributed by atoms with Crippen LogP contribution < -0.4 is 10.6 Å². The van der Waals surface area contributed by atoms with Crippen LogP contribution in [0, 0.1) is 5.92 Å². The van der Waals surface area contributed by atoms with Crippen LogP contribution >= 0.6 is 11.8 Å². The molecule has 0 radical (unpaired) electrons. The minimum absolute atomic E-state index is 0.0196. The summed E-state index contributed by atoms with van der Waals surface area (Å²) in [6.07, 6.45) is 0. The third-order valence-electron chi connectivity index (χ3n) is 2.40. The van der Waals surface area contributed by atoms with Gasteiger partial charge in [0.1, 0.15) is 0 Å². The Balaban J connectivity index is 2.31. The van der Waals surface area contributed by atoms with E-state index in [1.54, 1.807) is 11.8 Å². The van der Waals surface area contributed by atoms with Crippen LogP contribution in [0.25, 0.3) is 0 Å². The molecule has 0 saturated carbocycles. The minimum Gasteiger partial charge on any atom is -0.352 e. The number of rotatable bonds is 3. The highest BCUT2D eigenvalue weighted by Gasteiger charge is 2.23. The molecule has 1 heterocycles. The molecule has 76 valence electrons. The lowest BCUT2D eigenvalue weighted by atomic mass is 10.1. The average molecular weight is 202 g/mol. The molecule has 0 aromatic heterocycles. The highest BCUT2D eigenvalue weighted by atomic mass is 32.2. The molecule has 0 bridgehead atoms. The molecule has 1 aliphatic rings. The highest BCUT2D eigenvalue weighted by molar-refractivity contribution is 7.99. The van der Waals surface area contributed by atoms with E-state index in [2.05, 4.69) is 24.5 Å². The summed E-state index contributed by atoms with van der Waals surface area (Å²) < 4.78 is 0. The Kier molecular flexibility index (Phi) is 4.06. The van der Waals surface area contributed by atoms with E-state index in [1.165, 1.54) is 0 Å². The Hall–Kier alpha value is -0.220. The maximum absolute atomic E-state index is 11.6. The van der Waals surface area contributed by atoms with Gasteiger partial charge in [0.15, 0.2) is 0 Å². The van der Waals surface area contributed by atoms with Gasteiger partial charge in [-0.2, -0.15) is 0 Å². The van der Waals surface area contributed by atoms with Crippen molar-refractivity contribution in [3.8, 4) is 0 Å². The number of thioether (sulfide) groups is 1. The summed E-state index contributed by atoms with van der Waals surface area (Å²) in [5.41, 5.74) is 0. The number of carbonyl (C=O) groups excluding carboxylic acids is 1. The first-order valence-electron chi connectivity index (χ1n) is 4.72. The second-order valence-corrected chi connectivity index (χ2v) is 4.84. The highest BCUT2D eigenvalue weighted by Crippen LogP contribution is 2.10. The summed E-state index contributed by atoms with van der Waals surface area (Å²) >= 11 is 1.77. The van der Waals surface area contributed by atoms with Crippen LogP contribution in [0.3, 0.4) is 0 Å². The van der Waals surface area contributed by atoms with Gasteiger partial charge in [-0.3, -0.25) is 10.1 Å². The number of hydrogen-bond acceptors (Lipinski definition) is 3. The smallest absolute Gasteiger partial charge is 0.238 e. The summed E-state index contributed by atoms with van der Waals surface area (Å²) in [6, 6.07) is 0.283. The first-order valence-corrected chi connectivity index (χ1v) is 5.88. The lowest BCUT2D eigenvalue weighted by molar-refractivity contribution is -0.123. The van der Waals surface area contributed by atoms with Gasteiger partial charge in [-0.1, -0.05) is 13.8 Å². The van der Waals surface area contributed by atoms with Crippen LogP contribution in [0.5, 0.6) is 0 Å². The number of amides is 1. The van der Waals surface area contributed by atoms with Gasteiger partial charge in [0.05, 0.1) is 6.04 Å². The van der Waals surface area contributed by atoms with E-state index in [9.17, 15) is 4.79 Å². The van der Waals surface area contributed by atoms with Crippen molar-refractivity contribution in [2.45, 2.75) is 32.9 Å². The zero-order chi connectivity index (χ0) is 9.84. The third kappa shape index (κ3) is 3.19. The van der Waals surface area contributed by atoms with Crippen molar-refractivity contribution < 1.29 is 4.79 Å². The lowest BCUT2D eigenvalue weighted by Crippen LogP contribution is -2.46. The molecule has 0 unspecified atom stereocenters. The van der Waals surface area contributed by atoms with E-state index in [0.29, 0.717) is 5.92 Å². The molecule has 1 saturated heterocycles. The van der Waals surface area contributed by atoms with Crippen LogP contribution in [0.1, 0.15) is 20.8 Å². The fourth-order valence-electron chi connectivity index (χ4n) is 1.06. The Morgan fingerprint density at radius 3 is 2.69 bits per heavy atom. The average Bonchev–Trinajstić information content (AvgIpc) is 2.55. The number of carbonyl (C=O) groups is 1. The Bertz CT molecular complexity index is 178. The second-order valence-electron chi connectivity index (χ2n) is 3.81. The molecule has 1 fully saturated rings. The van der Waals surface area contributed by atoms with E-state index in [0.717, 1.165) is 11.6 Å². The van der Waals surface area contributed by atoms with Gasteiger partial charge in [-0.05, 0) is 12.8 Å². The molecule has 1 amide bonds. The quantitative estimate of drug-likeness (QED) is 0.711. The molecule has 0 aromatic rings. The van der Waals surface area contributed by atoms with Gasteiger partial charge >= 0.3 is 0 Å². The third-order valence-corrected chi connectivity index (χ3v) is 3.34. The minimum atomic E-state index is 0.0196. The first-order chi connectivity index (χ1) is 6.11. The van der Waals surface area contributed by atoms with Crippen LogP contribution in [0.2, 0.25) is 0 Å². The van der Waals surface area contributed by atoms with Crippen molar-refractivity contribution in [2.24, 2.45) is 5.92 Å². The topological polar surface area (TPSA) is 41.1 Å². The maximum atomic E-state index is 11.6. The molecule has 0 aromatic carbocycles. The molecule has 4 heteroatoms. The monoisotopic (exact) mass is 202 g/mol. The van der Waals surface area contributed by atoms with Crippen LogP contribution in [-0.2, 0) is 4.79 Å². The summed E-state index contributed by atoms with van der Waals surface area (Å²) in [5, 5.41) is 6.16. The maximum Gasteiger partial charge on any atom is 0.238 e. The molecule has 0 aliphatic carbocycles. The van der Waals surface area contributed by atoms with Crippen molar-refractivity contribution in [3.05, 3.63) is 0 Å². The van der Waals surface area contributed by atoms with Crippen molar-refractivity contribution >= 4 is 17.7 Å². The van der Waals surface area contributed by atoms with Crippen LogP contribution in [0.15, 0.2) is 0 Å². The molecule has 0 spiro atoms. The number of nitrogens with one attached hydrogen (secondary N) is 2. The summed E-state index contributed by atoms with van der Waals surface area (Å²) in [6.45, 7) is 6.27. The van der Waals surface area contributed by atoms with Crippen molar-refractivity contribution in [1.82, 2.24) is 10.6 Å². The van der Waals surface area contributed by atoms with Crippen molar-refractivity contribution in [1.29, 1.82) is 0 Å². The predicted octanol–water partition coefficient (Wildman–Crippen LogP) is 0.810. The summed E-state index contributed by atoms with van der Waals surface area (Å²) in [7, 11) is 0. The summed E-state index contributed by atoms with van der Waals surface area (Å²) in [5.74, 6) is 2.44. The van der Waals surface area contributed by atoms with Crippen molar-refractivity contribution in [3.63, 3.8) is 0 Å². The van der Waals surface area contributed by atoms with Gasteiger partial charge in [0.2, 0.25) is 5.91 Å². The Morgan fingerprint density at radius 2 is 2.23 bits per heavy atom. The van der Waals surface area contributed by atoms with Crippen LogP contribution in [0.4, 0.5) is 0 Å². The normalized spacial score (nSPS) is 24.8. The fourth-order valence-corrected chi connectivity index (χ4v) is 2.00. The molecule has 13 heavy (non-hydrogen) atoms. The van der Waals surface area contributed by atoms with E-state index >= 15 is 0 Å². The molecule has 2 atom stereocenters. The zero-order valence-corrected chi connectivity index (χ0v) is 9.28. The van der Waals surface area contributed by atoms with Crippen molar-refractivity contribution in [2.75, 3.05) is 11.6 Å². The van der Waals surface area contributed by atoms with Gasteiger partial charge in [-0.15, -0.1) is 11.8 Å². The largest absolute Gasteiger partial charge is 0.352 e. The van der Waals surface area contributed by atoms with Gasteiger partial charge < -0.3 is 5.32 Å². The summed E-state index contributed by atoms with van der Waals surface area (Å²) in [4.78, 5) is 11.6. The zero-order valence-electron chi connectivity index (χ0n) is 8.46. The van der Waals surface area contributed by atoms with E-state index < -0.39 is 0 Å². The molecule has 3 nitrogen and oxygen atoms in total. The molecule has 1 rings (SSSR count). The van der Waals surface area contributed by atoms with Gasteiger partial charge in [0, 0.05) is 17.7 Å². The molecular weight excluding hydrogens is 184 g/mol. The fraction of sp³-hybridized carbons (Fsp3) is 0.889. The SMILES string of the molecule is CC(C)[C@@H](C)NC(=O)[C@@H]1CSCN1. The Morgan fingerprint density at radius 1 is 1.54 bits per heavy atom. The van der Waals surface area contributed by atoms with Gasteiger partial charge in [0.25, 0.3) is 0 Å². The molecule has 1 aliphatic heterocycles. The number of hydrogen-bond donors (Lipinski definition) is 2. The second kappa shape index (κ2) is 4.86. The first kappa shape index (κ1) is 10.9.